The number of nitrogen functional groups attached to an aromatic ring is 1. The monoisotopic (exact) mass is 296 g/mol. The first-order valence-electron chi connectivity index (χ1n) is 6.37. The van der Waals surface area contributed by atoms with Crippen molar-refractivity contribution in [1.82, 2.24) is 4.98 Å². The van der Waals surface area contributed by atoms with Crippen LogP contribution in [-0.2, 0) is 0 Å². The number of anilines is 1. The van der Waals surface area contributed by atoms with Crippen molar-refractivity contribution < 1.29 is 13.2 Å². The number of hydrogen-bond donors (Lipinski definition) is 2. The summed E-state index contributed by atoms with van der Waals surface area (Å²) < 4.78 is 38.0. The van der Waals surface area contributed by atoms with Gasteiger partial charge in [-0.05, 0) is 19.1 Å². The summed E-state index contributed by atoms with van der Waals surface area (Å²) in [5.41, 5.74) is 6.27. The molecule has 0 radical (unpaired) electrons. The molecular weight excluding hydrogens is 281 g/mol. The zero-order valence-corrected chi connectivity index (χ0v) is 11.4. The van der Waals surface area contributed by atoms with Gasteiger partial charge in [-0.15, -0.1) is 0 Å². The van der Waals surface area contributed by atoms with Crippen molar-refractivity contribution in [1.29, 1.82) is 5.41 Å². The Morgan fingerprint density at radius 2 is 2.00 bits per heavy atom. The SMILES string of the molecule is CCN(CC(F)(F)F)c1nc2ccccc2cc1C(=N)N. The molecule has 0 amide bonds. The average molecular weight is 296 g/mol. The highest BCUT2D eigenvalue weighted by molar-refractivity contribution is 6.03. The molecule has 0 fully saturated rings. The Balaban J connectivity index is 2.58. The fourth-order valence-electron chi connectivity index (χ4n) is 2.10. The molecule has 3 N–H and O–H groups in total. The number of benzene rings is 1. The van der Waals surface area contributed by atoms with E-state index in [1.807, 2.05) is 0 Å². The van der Waals surface area contributed by atoms with Gasteiger partial charge >= 0.3 is 6.18 Å². The van der Waals surface area contributed by atoms with Crippen LogP contribution in [-0.4, -0.2) is 30.1 Å². The summed E-state index contributed by atoms with van der Waals surface area (Å²) in [5.74, 6) is -0.218. The molecule has 0 aliphatic rings. The number of rotatable bonds is 4. The van der Waals surface area contributed by atoms with Crippen molar-refractivity contribution in [2.24, 2.45) is 5.73 Å². The fourth-order valence-corrected chi connectivity index (χ4v) is 2.10. The average Bonchev–Trinajstić information content (AvgIpc) is 2.42. The van der Waals surface area contributed by atoms with Crippen molar-refractivity contribution >= 4 is 22.6 Å². The highest BCUT2D eigenvalue weighted by atomic mass is 19.4. The van der Waals surface area contributed by atoms with Gasteiger partial charge in [0, 0.05) is 11.9 Å². The van der Waals surface area contributed by atoms with Gasteiger partial charge in [-0.25, -0.2) is 4.98 Å². The second-order valence-electron chi connectivity index (χ2n) is 4.60. The van der Waals surface area contributed by atoms with Gasteiger partial charge in [-0.2, -0.15) is 13.2 Å². The molecule has 0 saturated carbocycles. The second kappa shape index (κ2) is 5.59. The molecule has 112 valence electrons. The zero-order chi connectivity index (χ0) is 15.6. The lowest BCUT2D eigenvalue weighted by Gasteiger charge is -2.25. The lowest BCUT2D eigenvalue weighted by molar-refractivity contribution is -0.119. The number of aromatic nitrogens is 1. The van der Waals surface area contributed by atoms with E-state index in [9.17, 15) is 13.2 Å². The molecule has 1 heterocycles. The van der Waals surface area contributed by atoms with Gasteiger partial charge in [0.15, 0.2) is 0 Å². The van der Waals surface area contributed by atoms with Crippen molar-refractivity contribution in [2.75, 3.05) is 18.0 Å². The summed E-state index contributed by atoms with van der Waals surface area (Å²) in [7, 11) is 0. The number of para-hydroxylation sites is 1. The van der Waals surface area contributed by atoms with Crippen LogP contribution in [0.5, 0.6) is 0 Å². The minimum Gasteiger partial charge on any atom is -0.384 e. The first-order chi connectivity index (χ1) is 9.81. The molecule has 1 aromatic carbocycles. The lowest BCUT2D eigenvalue weighted by Crippen LogP contribution is -2.36. The largest absolute Gasteiger partial charge is 0.405 e. The Hall–Kier alpha value is -2.31. The molecule has 2 aromatic rings. The molecular formula is C14H15F3N4. The maximum Gasteiger partial charge on any atom is 0.405 e. The van der Waals surface area contributed by atoms with Gasteiger partial charge in [-0.3, -0.25) is 5.41 Å². The van der Waals surface area contributed by atoms with E-state index in [1.54, 1.807) is 37.3 Å². The standard InChI is InChI=1S/C14H15F3N4/c1-2-21(8-14(15,16)17)13-10(12(18)19)7-9-5-3-4-6-11(9)20-13/h3-7H,2,8H2,1H3,(H3,18,19). The van der Waals surface area contributed by atoms with Crippen LogP contribution in [0.1, 0.15) is 12.5 Å². The van der Waals surface area contributed by atoms with Gasteiger partial charge in [0.25, 0.3) is 0 Å². The van der Waals surface area contributed by atoms with E-state index in [0.29, 0.717) is 5.52 Å². The number of hydrogen-bond acceptors (Lipinski definition) is 3. The predicted molar refractivity (Wildman–Crippen MR) is 76.7 cm³/mol. The minimum absolute atomic E-state index is 0.0843. The smallest absolute Gasteiger partial charge is 0.384 e. The van der Waals surface area contributed by atoms with Crippen molar-refractivity contribution in [3.63, 3.8) is 0 Å². The van der Waals surface area contributed by atoms with Crippen LogP contribution in [0.25, 0.3) is 10.9 Å². The number of fused-ring (bicyclic) bond motifs is 1. The molecule has 0 unspecified atom stereocenters. The topological polar surface area (TPSA) is 66.0 Å². The number of alkyl halides is 3. The summed E-state index contributed by atoms with van der Waals surface area (Å²) in [5, 5.41) is 8.31. The molecule has 21 heavy (non-hydrogen) atoms. The Morgan fingerprint density at radius 1 is 1.33 bits per heavy atom. The summed E-state index contributed by atoms with van der Waals surface area (Å²) in [4.78, 5) is 5.33. The van der Waals surface area contributed by atoms with Gasteiger partial charge in [-0.1, -0.05) is 18.2 Å². The van der Waals surface area contributed by atoms with E-state index in [0.717, 1.165) is 10.3 Å². The first kappa shape index (κ1) is 15.1. The Morgan fingerprint density at radius 3 is 2.57 bits per heavy atom. The van der Waals surface area contributed by atoms with Crippen LogP contribution < -0.4 is 10.6 Å². The number of pyridine rings is 1. The summed E-state index contributed by atoms with van der Waals surface area (Å²) in [6, 6.07) is 8.63. The second-order valence-corrected chi connectivity index (χ2v) is 4.60. The Kier molecular flexibility index (Phi) is 4.02. The summed E-state index contributed by atoms with van der Waals surface area (Å²) in [6.07, 6.45) is -4.35. The Labute approximate surface area is 119 Å². The third kappa shape index (κ3) is 3.42. The molecule has 0 saturated heterocycles. The van der Waals surface area contributed by atoms with E-state index < -0.39 is 12.7 Å². The molecule has 0 spiro atoms. The van der Waals surface area contributed by atoms with Crippen molar-refractivity contribution in [3.8, 4) is 0 Å². The highest BCUT2D eigenvalue weighted by Crippen LogP contribution is 2.26. The van der Waals surface area contributed by atoms with Crippen LogP contribution in [0.3, 0.4) is 0 Å². The van der Waals surface area contributed by atoms with E-state index in [1.165, 1.54) is 0 Å². The molecule has 2 rings (SSSR count). The molecule has 1 aromatic heterocycles. The van der Waals surface area contributed by atoms with Crippen LogP contribution >= 0.6 is 0 Å². The van der Waals surface area contributed by atoms with E-state index in [4.69, 9.17) is 11.1 Å². The number of nitrogens with one attached hydrogen (secondary N) is 1. The van der Waals surface area contributed by atoms with Gasteiger partial charge in [0.05, 0.1) is 11.1 Å². The van der Waals surface area contributed by atoms with Gasteiger partial charge in [0.1, 0.15) is 18.2 Å². The quantitative estimate of drug-likeness (QED) is 0.673. The van der Waals surface area contributed by atoms with Crippen LogP contribution in [0.2, 0.25) is 0 Å². The number of amidine groups is 1. The summed E-state index contributed by atoms with van der Waals surface area (Å²) in [6.45, 7) is 0.590. The third-order valence-corrected chi connectivity index (χ3v) is 3.05. The third-order valence-electron chi connectivity index (χ3n) is 3.05. The molecule has 0 atom stereocenters. The molecule has 0 aliphatic heterocycles. The van der Waals surface area contributed by atoms with E-state index in [-0.39, 0.29) is 23.8 Å². The van der Waals surface area contributed by atoms with Crippen molar-refractivity contribution in [3.05, 3.63) is 35.9 Å². The Bertz CT molecular complexity index is 667. The van der Waals surface area contributed by atoms with Crippen LogP contribution in [0.4, 0.5) is 19.0 Å². The molecule has 4 nitrogen and oxygen atoms in total. The zero-order valence-electron chi connectivity index (χ0n) is 11.4. The highest BCUT2D eigenvalue weighted by Gasteiger charge is 2.32. The molecule has 0 aliphatic carbocycles. The fraction of sp³-hybridized carbons (Fsp3) is 0.286. The number of halogens is 3. The van der Waals surface area contributed by atoms with Crippen LogP contribution in [0, 0.1) is 5.41 Å². The number of nitrogens with zero attached hydrogens (tertiary/aromatic N) is 2. The van der Waals surface area contributed by atoms with Gasteiger partial charge in [0.2, 0.25) is 0 Å². The van der Waals surface area contributed by atoms with Gasteiger partial charge < -0.3 is 10.6 Å². The molecule has 7 heteroatoms. The van der Waals surface area contributed by atoms with E-state index >= 15 is 0 Å². The van der Waals surface area contributed by atoms with Crippen LogP contribution in [0.15, 0.2) is 30.3 Å². The molecule has 0 bridgehead atoms. The predicted octanol–water partition coefficient (Wildman–Crippen LogP) is 2.91. The minimum atomic E-state index is -4.35. The number of nitrogens with two attached hydrogens (primary N) is 1. The maximum atomic E-state index is 12.7. The maximum absolute atomic E-state index is 12.7. The van der Waals surface area contributed by atoms with Crippen molar-refractivity contribution in [2.45, 2.75) is 13.1 Å². The lowest BCUT2D eigenvalue weighted by atomic mass is 10.1. The summed E-state index contributed by atoms with van der Waals surface area (Å²) >= 11 is 0. The normalized spacial score (nSPS) is 11.6. The van der Waals surface area contributed by atoms with E-state index in [2.05, 4.69) is 4.98 Å². The first-order valence-corrected chi connectivity index (χ1v) is 6.37.